The summed E-state index contributed by atoms with van der Waals surface area (Å²) in [6.45, 7) is 1.72. The summed E-state index contributed by atoms with van der Waals surface area (Å²) < 4.78 is 5.26. The van der Waals surface area contributed by atoms with E-state index in [1.165, 1.54) is 0 Å². The molecular weight excluding hydrogens is 244 g/mol. The van der Waals surface area contributed by atoms with Gasteiger partial charge in [-0.3, -0.25) is 4.79 Å². The molecule has 1 saturated heterocycles. The number of nitrogens with one attached hydrogen (secondary N) is 1. The Morgan fingerprint density at radius 3 is 3.05 bits per heavy atom. The van der Waals surface area contributed by atoms with Crippen LogP contribution in [0.3, 0.4) is 0 Å². The molecule has 2 amide bonds. The molecule has 5 nitrogen and oxygen atoms in total. The summed E-state index contributed by atoms with van der Waals surface area (Å²) in [5.41, 5.74) is 2.48. The summed E-state index contributed by atoms with van der Waals surface area (Å²) in [6, 6.07) is 5.36. The van der Waals surface area contributed by atoms with Gasteiger partial charge in [0, 0.05) is 37.4 Å². The summed E-state index contributed by atoms with van der Waals surface area (Å²) in [5.74, 6) is 0.119. The molecule has 2 heterocycles. The van der Waals surface area contributed by atoms with Crippen LogP contribution in [0.25, 0.3) is 0 Å². The van der Waals surface area contributed by atoms with Gasteiger partial charge in [-0.2, -0.15) is 0 Å². The third kappa shape index (κ3) is 2.21. The fourth-order valence-electron chi connectivity index (χ4n) is 2.51. The van der Waals surface area contributed by atoms with Crippen LogP contribution in [0.4, 0.5) is 10.5 Å². The highest BCUT2D eigenvalue weighted by Gasteiger charge is 2.26. The van der Waals surface area contributed by atoms with Crippen LogP contribution in [0.15, 0.2) is 18.2 Å². The Bertz CT molecular complexity index is 535. The first kappa shape index (κ1) is 12.2. The van der Waals surface area contributed by atoms with Crippen LogP contribution in [0, 0.1) is 5.92 Å². The highest BCUT2D eigenvalue weighted by molar-refractivity contribution is 6.00. The van der Waals surface area contributed by atoms with Crippen molar-refractivity contribution in [3.05, 3.63) is 29.3 Å². The van der Waals surface area contributed by atoms with Gasteiger partial charge in [-0.25, -0.2) is 4.79 Å². The van der Waals surface area contributed by atoms with Crippen LogP contribution >= 0.6 is 0 Å². The lowest BCUT2D eigenvalue weighted by molar-refractivity contribution is 0.0900. The van der Waals surface area contributed by atoms with E-state index in [1.54, 1.807) is 18.0 Å². The predicted molar refractivity (Wildman–Crippen MR) is 70.2 cm³/mol. The molecule has 0 radical (unpaired) electrons. The lowest BCUT2D eigenvalue weighted by Crippen LogP contribution is -2.35. The van der Waals surface area contributed by atoms with Gasteiger partial charge in [0.2, 0.25) is 0 Å². The van der Waals surface area contributed by atoms with Crippen molar-refractivity contribution in [3.63, 3.8) is 0 Å². The zero-order valence-electron chi connectivity index (χ0n) is 10.8. The van der Waals surface area contributed by atoms with E-state index in [4.69, 9.17) is 4.74 Å². The van der Waals surface area contributed by atoms with E-state index in [0.29, 0.717) is 25.3 Å². The smallest absolute Gasteiger partial charge is 0.321 e. The van der Waals surface area contributed by atoms with Crippen LogP contribution in [0.1, 0.15) is 22.3 Å². The topological polar surface area (TPSA) is 58.6 Å². The van der Waals surface area contributed by atoms with E-state index >= 15 is 0 Å². The van der Waals surface area contributed by atoms with Gasteiger partial charge < -0.3 is 15.0 Å². The SMILES string of the molecule is CN1Cc2cc(C(=O)C3CCOC3)ccc2NC1=O. The van der Waals surface area contributed by atoms with Gasteiger partial charge in [0.25, 0.3) is 0 Å². The van der Waals surface area contributed by atoms with Crippen LogP contribution in [-0.4, -0.2) is 37.0 Å². The number of fused-ring (bicyclic) bond motifs is 1. The van der Waals surface area contributed by atoms with Crippen molar-refractivity contribution < 1.29 is 14.3 Å². The highest BCUT2D eigenvalue weighted by atomic mass is 16.5. The molecule has 1 fully saturated rings. The molecule has 19 heavy (non-hydrogen) atoms. The van der Waals surface area contributed by atoms with Gasteiger partial charge >= 0.3 is 6.03 Å². The standard InChI is InChI=1S/C14H16N2O3/c1-16-7-11-6-9(2-3-12(11)15-14(16)18)13(17)10-4-5-19-8-10/h2-3,6,10H,4-5,7-8H2,1H3,(H,15,18). The van der Waals surface area contributed by atoms with Gasteiger partial charge in [0.05, 0.1) is 6.61 Å². The van der Waals surface area contributed by atoms with Gasteiger partial charge in [0.1, 0.15) is 0 Å². The number of nitrogens with zero attached hydrogens (tertiary/aromatic N) is 1. The van der Waals surface area contributed by atoms with Gasteiger partial charge in [-0.15, -0.1) is 0 Å². The Balaban J connectivity index is 1.87. The van der Waals surface area contributed by atoms with Crippen LogP contribution in [-0.2, 0) is 11.3 Å². The summed E-state index contributed by atoms with van der Waals surface area (Å²) in [7, 11) is 1.73. The minimum Gasteiger partial charge on any atom is -0.381 e. The molecule has 0 aliphatic carbocycles. The molecular formula is C14H16N2O3. The van der Waals surface area contributed by atoms with Crippen LogP contribution < -0.4 is 5.32 Å². The Kier molecular flexibility index (Phi) is 2.98. The monoisotopic (exact) mass is 260 g/mol. The Morgan fingerprint density at radius 1 is 1.47 bits per heavy atom. The number of carbonyl (C=O) groups is 2. The number of Topliss-reactive ketones (excluding diaryl/α,β-unsaturated/α-hetero) is 1. The number of anilines is 1. The van der Waals surface area contributed by atoms with Crippen molar-refractivity contribution in [2.24, 2.45) is 5.92 Å². The zero-order valence-corrected chi connectivity index (χ0v) is 10.8. The van der Waals surface area contributed by atoms with E-state index in [0.717, 1.165) is 17.7 Å². The lowest BCUT2D eigenvalue weighted by Gasteiger charge is -2.26. The average molecular weight is 260 g/mol. The van der Waals surface area contributed by atoms with Crippen molar-refractivity contribution in [3.8, 4) is 0 Å². The molecule has 0 spiro atoms. The second-order valence-corrected chi connectivity index (χ2v) is 5.08. The predicted octanol–water partition coefficient (Wildman–Crippen LogP) is 1.88. The normalized spacial score (nSPS) is 22.1. The van der Waals surface area contributed by atoms with E-state index < -0.39 is 0 Å². The first-order chi connectivity index (χ1) is 9.15. The number of ketones is 1. The molecule has 2 aliphatic rings. The molecule has 0 bridgehead atoms. The molecule has 5 heteroatoms. The Labute approximate surface area is 111 Å². The molecule has 1 unspecified atom stereocenters. The van der Waals surface area contributed by atoms with Crippen LogP contribution in [0.5, 0.6) is 0 Å². The maximum Gasteiger partial charge on any atom is 0.321 e. The second kappa shape index (κ2) is 4.66. The molecule has 1 N–H and O–H groups in total. The van der Waals surface area contributed by atoms with Crippen molar-refractivity contribution >= 4 is 17.5 Å². The fourth-order valence-corrected chi connectivity index (χ4v) is 2.51. The Hall–Kier alpha value is -1.88. The number of urea groups is 1. The molecule has 3 rings (SSSR count). The van der Waals surface area contributed by atoms with Gasteiger partial charge in [-0.1, -0.05) is 0 Å². The van der Waals surface area contributed by atoms with Crippen LogP contribution in [0.2, 0.25) is 0 Å². The third-order valence-electron chi connectivity index (χ3n) is 3.69. The largest absolute Gasteiger partial charge is 0.381 e. The van der Waals surface area contributed by atoms with Crippen molar-refractivity contribution in [2.75, 3.05) is 25.6 Å². The Morgan fingerprint density at radius 2 is 2.32 bits per heavy atom. The number of hydrogen-bond acceptors (Lipinski definition) is 3. The highest BCUT2D eigenvalue weighted by Crippen LogP contribution is 2.26. The molecule has 1 atom stereocenters. The number of hydrogen-bond donors (Lipinski definition) is 1. The molecule has 1 aromatic carbocycles. The van der Waals surface area contributed by atoms with Crippen molar-refractivity contribution in [1.82, 2.24) is 4.90 Å². The molecule has 0 aromatic heterocycles. The van der Waals surface area contributed by atoms with E-state index in [2.05, 4.69) is 5.32 Å². The maximum atomic E-state index is 12.3. The van der Waals surface area contributed by atoms with Crippen molar-refractivity contribution in [2.45, 2.75) is 13.0 Å². The van der Waals surface area contributed by atoms with Gasteiger partial charge in [-0.05, 0) is 30.2 Å². The molecule has 0 saturated carbocycles. The number of ether oxygens (including phenoxy) is 1. The zero-order chi connectivity index (χ0) is 13.4. The van der Waals surface area contributed by atoms with E-state index in [-0.39, 0.29) is 17.7 Å². The van der Waals surface area contributed by atoms with Gasteiger partial charge in [0.15, 0.2) is 5.78 Å². The average Bonchev–Trinajstić information content (AvgIpc) is 2.93. The first-order valence-corrected chi connectivity index (χ1v) is 6.42. The molecule has 100 valence electrons. The number of benzene rings is 1. The minimum atomic E-state index is -0.115. The quantitative estimate of drug-likeness (QED) is 0.826. The number of rotatable bonds is 2. The number of carbonyl (C=O) groups excluding carboxylic acids is 2. The first-order valence-electron chi connectivity index (χ1n) is 6.42. The summed E-state index contributed by atoms with van der Waals surface area (Å²) in [4.78, 5) is 25.4. The maximum absolute atomic E-state index is 12.3. The molecule has 1 aromatic rings. The fraction of sp³-hybridized carbons (Fsp3) is 0.429. The lowest BCUT2D eigenvalue weighted by atomic mass is 9.95. The summed E-state index contributed by atoms with van der Waals surface area (Å²) in [5, 5.41) is 2.80. The third-order valence-corrected chi connectivity index (χ3v) is 3.69. The molecule has 2 aliphatic heterocycles. The van der Waals surface area contributed by atoms with Crippen molar-refractivity contribution in [1.29, 1.82) is 0 Å². The van der Waals surface area contributed by atoms with E-state index in [1.807, 2.05) is 12.1 Å². The van der Waals surface area contributed by atoms with E-state index in [9.17, 15) is 9.59 Å². The second-order valence-electron chi connectivity index (χ2n) is 5.08. The summed E-state index contributed by atoms with van der Waals surface area (Å²) in [6.07, 6.45) is 0.798. The number of amides is 2. The minimum absolute atomic E-state index is 0.0195. The summed E-state index contributed by atoms with van der Waals surface area (Å²) >= 11 is 0.